The number of carbonyl (C=O) groups is 1. The number of aromatic amines is 1. The maximum Gasteiger partial charge on any atom is 0.214 e. The Bertz CT molecular complexity index is 986. The average Bonchev–Trinajstić information content (AvgIpc) is 3.01. The summed E-state index contributed by atoms with van der Waals surface area (Å²) >= 11 is 3.47. The molecule has 0 bridgehead atoms. The number of H-pyrrole nitrogens is 1. The Balaban J connectivity index is 1.99. The highest BCUT2D eigenvalue weighted by Crippen LogP contribution is 2.37. The van der Waals surface area contributed by atoms with E-state index in [1.807, 2.05) is 31.2 Å². The van der Waals surface area contributed by atoms with Crippen molar-refractivity contribution < 1.29 is 9.90 Å². The molecule has 0 unspecified atom stereocenters. The van der Waals surface area contributed by atoms with Gasteiger partial charge in [0.25, 0.3) is 0 Å². The predicted octanol–water partition coefficient (Wildman–Crippen LogP) is 4.26. The number of nitrogens with one attached hydrogen (secondary N) is 1. The molecular formula is C17H11BrN2O2. The number of aryl methyl sites for hydroxylation is 1. The zero-order chi connectivity index (χ0) is 15.4. The Labute approximate surface area is 134 Å². The lowest BCUT2D eigenvalue weighted by Crippen LogP contribution is -2.10. The van der Waals surface area contributed by atoms with E-state index in [2.05, 4.69) is 25.9 Å². The van der Waals surface area contributed by atoms with Crippen LogP contribution in [0.5, 0.6) is 5.88 Å². The van der Waals surface area contributed by atoms with E-state index in [9.17, 15) is 9.90 Å². The number of benzene rings is 2. The van der Waals surface area contributed by atoms with Gasteiger partial charge in [-0.15, -0.1) is 0 Å². The molecule has 0 atom stereocenters. The highest BCUT2D eigenvalue weighted by atomic mass is 79.9. The Morgan fingerprint density at radius 1 is 1.18 bits per heavy atom. The molecule has 0 spiro atoms. The van der Waals surface area contributed by atoms with Gasteiger partial charge < -0.3 is 10.1 Å². The van der Waals surface area contributed by atoms with Crippen LogP contribution in [0.4, 0.5) is 5.69 Å². The number of hydrogen-bond acceptors (Lipinski definition) is 3. The summed E-state index contributed by atoms with van der Waals surface area (Å²) in [7, 11) is 0. The molecule has 1 aliphatic rings. The van der Waals surface area contributed by atoms with Crippen LogP contribution in [0.3, 0.4) is 0 Å². The van der Waals surface area contributed by atoms with Crippen molar-refractivity contribution in [2.24, 2.45) is 4.99 Å². The zero-order valence-electron chi connectivity index (χ0n) is 11.6. The number of ketones is 1. The molecule has 108 valence electrons. The van der Waals surface area contributed by atoms with Gasteiger partial charge in [-0.1, -0.05) is 34.1 Å². The first-order valence-corrected chi connectivity index (χ1v) is 7.59. The highest BCUT2D eigenvalue weighted by molar-refractivity contribution is 9.10. The molecule has 1 aromatic heterocycles. The maximum atomic E-state index is 12.6. The summed E-state index contributed by atoms with van der Waals surface area (Å²) in [5.74, 6) is -0.191. The molecule has 0 saturated carbocycles. The number of aliphatic imine (C=N–C) groups is 1. The summed E-state index contributed by atoms with van der Waals surface area (Å²) < 4.78 is 0.941. The Hall–Kier alpha value is -2.40. The maximum absolute atomic E-state index is 12.6. The minimum Gasteiger partial charge on any atom is -0.494 e. The molecule has 0 saturated heterocycles. The number of Topliss-reactive ketones (excluding diaryl/α,β-unsaturated/α-hetero) is 1. The van der Waals surface area contributed by atoms with Crippen LogP contribution in [-0.4, -0.2) is 21.6 Å². The van der Waals surface area contributed by atoms with Gasteiger partial charge in [-0.25, -0.2) is 4.99 Å². The molecule has 2 aromatic carbocycles. The second-order valence-electron chi connectivity index (χ2n) is 5.25. The fraction of sp³-hybridized carbons (Fsp3) is 0.0588. The Kier molecular flexibility index (Phi) is 2.74. The lowest BCUT2D eigenvalue weighted by atomic mass is 10.0. The Morgan fingerprint density at radius 3 is 2.73 bits per heavy atom. The molecule has 2 N–H and O–H groups in total. The van der Waals surface area contributed by atoms with E-state index in [1.54, 1.807) is 12.1 Å². The van der Waals surface area contributed by atoms with Gasteiger partial charge in [-0.3, -0.25) is 4.79 Å². The van der Waals surface area contributed by atoms with Crippen LogP contribution in [0.25, 0.3) is 10.9 Å². The molecule has 22 heavy (non-hydrogen) atoms. The normalized spacial score (nSPS) is 13.5. The van der Waals surface area contributed by atoms with Crippen LogP contribution in [0.1, 0.15) is 21.5 Å². The van der Waals surface area contributed by atoms with Crippen molar-refractivity contribution in [3.63, 3.8) is 0 Å². The van der Waals surface area contributed by atoms with Gasteiger partial charge in [0.15, 0.2) is 5.88 Å². The first-order valence-electron chi connectivity index (χ1n) is 6.80. The van der Waals surface area contributed by atoms with E-state index in [0.29, 0.717) is 16.8 Å². The number of hydrogen-bond donors (Lipinski definition) is 2. The zero-order valence-corrected chi connectivity index (χ0v) is 13.2. The van der Waals surface area contributed by atoms with Crippen molar-refractivity contribution in [2.45, 2.75) is 6.92 Å². The summed E-state index contributed by atoms with van der Waals surface area (Å²) in [6, 6.07) is 11.0. The smallest absolute Gasteiger partial charge is 0.214 e. The first kappa shape index (κ1) is 13.3. The quantitative estimate of drug-likeness (QED) is 0.685. The van der Waals surface area contributed by atoms with Crippen molar-refractivity contribution >= 4 is 44.0 Å². The van der Waals surface area contributed by atoms with Crippen LogP contribution in [0, 0.1) is 6.92 Å². The van der Waals surface area contributed by atoms with E-state index >= 15 is 0 Å². The third-order valence-electron chi connectivity index (χ3n) is 3.98. The number of fused-ring (bicyclic) bond motifs is 2. The summed E-state index contributed by atoms with van der Waals surface area (Å²) in [4.78, 5) is 19.9. The van der Waals surface area contributed by atoms with Gasteiger partial charge in [0.2, 0.25) is 5.78 Å². The molecule has 3 aromatic rings. The van der Waals surface area contributed by atoms with Crippen LogP contribution in [-0.2, 0) is 0 Å². The van der Waals surface area contributed by atoms with Crippen LogP contribution >= 0.6 is 15.9 Å². The van der Waals surface area contributed by atoms with Gasteiger partial charge in [0, 0.05) is 15.4 Å². The standard InChI is InChI=1S/C17H11BrN2O2/c1-8-11(18)7-6-10-13(17(22)20-14(8)10)15-16(21)9-4-2-3-5-12(9)19-15/h2-7,20,22H,1H3. The second-order valence-corrected chi connectivity index (χ2v) is 6.10. The average molecular weight is 355 g/mol. The summed E-state index contributed by atoms with van der Waals surface area (Å²) in [6.45, 7) is 1.94. The number of halogens is 1. The molecule has 4 nitrogen and oxygen atoms in total. The number of aromatic nitrogens is 1. The van der Waals surface area contributed by atoms with Gasteiger partial charge >= 0.3 is 0 Å². The van der Waals surface area contributed by atoms with Gasteiger partial charge in [0.1, 0.15) is 5.71 Å². The summed E-state index contributed by atoms with van der Waals surface area (Å²) in [6.07, 6.45) is 0. The second kappa shape index (κ2) is 4.55. The summed E-state index contributed by atoms with van der Waals surface area (Å²) in [5, 5.41) is 11.1. The minimum absolute atomic E-state index is 0.0314. The molecule has 0 aliphatic carbocycles. The van der Waals surface area contributed by atoms with E-state index in [-0.39, 0.29) is 17.4 Å². The molecule has 0 amide bonds. The topological polar surface area (TPSA) is 65.4 Å². The SMILES string of the molecule is Cc1c(Br)ccc2c(C3=Nc4ccccc4C3=O)c(O)[nH]c12. The largest absolute Gasteiger partial charge is 0.494 e. The van der Waals surface area contributed by atoms with Gasteiger partial charge in [-0.05, 0) is 30.7 Å². The van der Waals surface area contributed by atoms with Crippen LogP contribution < -0.4 is 0 Å². The monoisotopic (exact) mass is 354 g/mol. The number of nitrogens with zero attached hydrogens (tertiary/aromatic N) is 1. The lowest BCUT2D eigenvalue weighted by molar-refractivity contribution is 0.107. The van der Waals surface area contributed by atoms with E-state index in [4.69, 9.17) is 0 Å². The highest BCUT2D eigenvalue weighted by Gasteiger charge is 2.30. The molecule has 1 aliphatic heterocycles. The van der Waals surface area contributed by atoms with Crippen molar-refractivity contribution in [3.05, 3.63) is 57.6 Å². The minimum atomic E-state index is -0.160. The molecule has 4 rings (SSSR count). The number of para-hydroxylation sites is 1. The van der Waals surface area contributed by atoms with Crippen molar-refractivity contribution in [2.75, 3.05) is 0 Å². The number of rotatable bonds is 1. The number of aromatic hydroxyl groups is 1. The van der Waals surface area contributed by atoms with Crippen molar-refractivity contribution in [3.8, 4) is 5.88 Å². The Morgan fingerprint density at radius 2 is 1.95 bits per heavy atom. The predicted molar refractivity (Wildman–Crippen MR) is 89.4 cm³/mol. The van der Waals surface area contributed by atoms with Crippen molar-refractivity contribution in [1.82, 2.24) is 4.98 Å². The van der Waals surface area contributed by atoms with E-state index < -0.39 is 0 Å². The fourth-order valence-corrected chi connectivity index (χ4v) is 3.17. The third-order valence-corrected chi connectivity index (χ3v) is 4.84. The molecular weight excluding hydrogens is 344 g/mol. The molecule has 5 heteroatoms. The summed E-state index contributed by atoms with van der Waals surface area (Å²) in [5.41, 5.74) is 3.74. The van der Waals surface area contributed by atoms with Crippen LogP contribution in [0.2, 0.25) is 0 Å². The molecule has 0 fully saturated rings. The lowest BCUT2D eigenvalue weighted by Gasteiger charge is -2.01. The first-order chi connectivity index (χ1) is 10.6. The fourth-order valence-electron chi connectivity index (χ4n) is 2.84. The van der Waals surface area contributed by atoms with Crippen molar-refractivity contribution in [1.29, 1.82) is 0 Å². The molecule has 2 heterocycles. The van der Waals surface area contributed by atoms with Crippen LogP contribution in [0.15, 0.2) is 45.9 Å². The molecule has 0 radical (unpaired) electrons. The van der Waals surface area contributed by atoms with Gasteiger partial charge in [-0.2, -0.15) is 0 Å². The third kappa shape index (κ3) is 1.69. The number of carbonyl (C=O) groups excluding carboxylic acids is 1. The van der Waals surface area contributed by atoms with Gasteiger partial charge in [0.05, 0.1) is 16.8 Å². The van der Waals surface area contributed by atoms with E-state index in [1.165, 1.54) is 0 Å². The van der Waals surface area contributed by atoms with E-state index in [0.717, 1.165) is 20.9 Å².